The molecular weight excluding hydrogens is 358 g/mol. The van der Waals surface area contributed by atoms with Gasteiger partial charge in [0, 0.05) is 30.1 Å². The second-order valence-corrected chi connectivity index (χ2v) is 6.62. The number of nitro benzene ring substituents is 1. The van der Waals surface area contributed by atoms with Crippen LogP contribution >= 0.6 is 0 Å². The zero-order valence-electron chi connectivity index (χ0n) is 15.7. The number of non-ortho nitro benzene ring substituents is 1. The number of rotatable bonds is 9. The SMILES string of the molecule is Cc1ccc(OCCNCCCc2ccc([N+](=O)[O-])cc2)c2ccc(=O)[nH]c12. The fraction of sp³-hybridized carbons (Fsp3) is 0.286. The summed E-state index contributed by atoms with van der Waals surface area (Å²) in [6, 6.07) is 13.8. The lowest BCUT2D eigenvalue weighted by Gasteiger charge is -2.11. The molecule has 0 radical (unpaired) electrons. The van der Waals surface area contributed by atoms with Crippen LogP contribution in [0, 0.1) is 17.0 Å². The summed E-state index contributed by atoms with van der Waals surface area (Å²) in [6.07, 6.45) is 1.80. The molecule has 0 atom stereocenters. The van der Waals surface area contributed by atoms with Crippen molar-refractivity contribution in [2.45, 2.75) is 19.8 Å². The van der Waals surface area contributed by atoms with Crippen LogP contribution in [0.2, 0.25) is 0 Å². The number of ether oxygens (including phenoxy) is 1. The van der Waals surface area contributed by atoms with Crippen LogP contribution < -0.4 is 15.6 Å². The van der Waals surface area contributed by atoms with Crippen molar-refractivity contribution in [3.05, 3.63) is 80.1 Å². The number of nitro groups is 1. The van der Waals surface area contributed by atoms with Crippen LogP contribution in [-0.4, -0.2) is 29.6 Å². The minimum absolute atomic E-state index is 0.117. The predicted molar refractivity (Wildman–Crippen MR) is 109 cm³/mol. The molecule has 0 aliphatic carbocycles. The van der Waals surface area contributed by atoms with E-state index in [-0.39, 0.29) is 16.2 Å². The summed E-state index contributed by atoms with van der Waals surface area (Å²) in [4.78, 5) is 24.6. The first-order valence-electron chi connectivity index (χ1n) is 9.24. The summed E-state index contributed by atoms with van der Waals surface area (Å²) in [6.45, 7) is 4.02. The van der Waals surface area contributed by atoms with Gasteiger partial charge in [-0.1, -0.05) is 18.2 Å². The number of nitrogens with one attached hydrogen (secondary N) is 2. The summed E-state index contributed by atoms with van der Waals surface area (Å²) >= 11 is 0. The highest BCUT2D eigenvalue weighted by atomic mass is 16.6. The van der Waals surface area contributed by atoms with Gasteiger partial charge in [0.25, 0.3) is 5.69 Å². The molecule has 0 amide bonds. The third-order valence-electron chi connectivity index (χ3n) is 4.57. The zero-order valence-corrected chi connectivity index (χ0v) is 15.7. The Kier molecular flexibility index (Phi) is 6.39. The fourth-order valence-corrected chi connectivity index (χ4v) is 3.05. The van der Waals surface area contributed by atoms with Gasteiger partial charge in [-0.25, -0.2) is 0 Å². The topological polar surface area (TPSA) is 97.3 Å². The number of hydrogen-bond donors (Lipinski definition) is 2. The molecule has 0 saturated heterocycles. The molecule has 0 unspecified atom stereocenters. The Morgan fingerprint density at radius 1 is 1.07 bits per heavy atom. The molecule has 0 fully saturated rings. The van der Waals surface area contributed by atoms with Gasteiger partial charge in [-0.2, -0.15) is 0 Å². The van der Waals surface area contributed by atoms with Gasteiger partial charge in [0.2, 0.25) is 5.56 Å². The molecule has 0 aliphatic heterocycles. The number of H-pyrrole nitrogens is 1. The van der Waals surface area contributed by atoms with E-state index in [9.17, 15) is 14.9 Å². The Morgan fingerprint density at radius 3 is 2.61 bits per heavy atom. The standard InChI is InChI=1S/C21H23N3O4/c1-15-4-10-19(18-9-11-20(25)23-21(15)18)28-14-13-22-12-2-3-16-5-7-17(8-6-16)24(26)27/h4-11,22H,2-3,12-14H2,1H3,(H,23,25). The van der Waals surface area contributed by atoms with Crippen molar-refractivity contribution >= 4 is 16.6 Å². The first-order chi connectivity index (χ1) is 13.5. The van der Waals surface area contributed by atoms with Crippen LogP contribution in [0.3, 0.4) is 0 Å². The van der Waals surface area contributed by atoms with Crippen molar-refractivity contribution in [2.24, 2.45) is 0 Å². The van der Waals surface area contributed by atoms with E-state index in [0.717, 1.165) is 47.2 Å². The van der Waals surface area contributed by atoms with Crippen LogP contribution in [0.25, 0.3) is 10.9 Å². The third kappa shape index (κ3) is 4.95. The van der Waals surface area contributed by atoms with Gasteiger partial charge < -0.3 is 15.0 Å². The normalized spacial score (nSPS) is 10.9. The van der Waals surface area contributed by atoms with Gasteiger partial charge in [-0.05, 0) is 49.6 Å². The van der Waals surface area contributed by atoms with E-state index < -0.39 is 0 Å². The number of pyridine rings is 1. The number of fused-ring (bicyclic) bond motifs is 1. The van der Waals surface area contributed by atoms with Crippen LogP contribution in [0.1, 0.15) is 17.5 Å². The molecule has 0 bridgehead atoms. The molecule has 7 nitrogen and oxygen atoms in total. The molecule has 7 heteroatoms. The lowest BCUT2D eigenvalue weighted by molar-refractivity contribution is -0.384. The molecule has 3 aromatic rings. The molecule has 0 spiro atoms. The summed E-state index contributed by atoms with van der Waals surface area (Å²) in [7, 11) is 0. The van der Waals surface area contributed by atoms with Crippen molar-refractivity contribution < 1.29 is 9.66 Å². The van der Waals surface area contributed by atoms with Crippen molar-refractivity contribution in [1.82, 2.24) is 10.3 Å². The largest absolute Gasteiger partial charge is 0.492 e. The molecule has 146 valence electrons. The highest BCUT2D eigenvalue weighted by molar-refractivity contribution is 5.87. The molecule has 0 saturated carbocycles. The summed E-state index contributed by atoms with van der Waals surface area (Å²) in [5, 5.41) is 14.9. The van der Waals surface area contributed by atoms with E-state index in [4.69, 9.17) is 4.74 Å². The molecule has 2 N–H and O–H groups in total. The van der Waals surface area contributed by atoms with E-state index in [1.165, 1.54) is 18.2 Å². The summed E-state index contributed by atoms with van der Waals surface area (Å²) in [5.74, 6) is 0.754. The van der Waals surface area contributed by atoms with Crippen molar-refractivity contribution in [2.75, 3.05) is 19.7 Å². The summed E-state index contributed by atoms with van der Waals surface area (Å²) in [5.41, 5.74) is 2.89. The van der Waals surface area contributed by atoms with E-state index in [1.807, 2.05) is 19.1 Å². The van der Waals surface area contributed by atoms with Crippen molar-refractivity contribution in [3.8, 4) is 5.75 Å². The first kappa shape index (κ1) is 19.6. The van der Waals surface area contributed by atoms with Gasteiger partial charge in [-0.3, -0.25) is 14.9 Å². The fourth-order valence-electron chi connectivity index (χ4n) is 3.05. The highest BCUT2D eigenvalue weighted by Gasteiger charge is 2.06. The predicted octanol–water partition coefficient (Wildman–Crippen LogP) is 3.35. The number of hydrogen-bond acceptors (Lipinski definition) is 5. The second-order valence-electron chi connectivity index (χ2n) is 6.62. The number of nitrogens with zero attached hydrogens (tertiary/aromatic N) is 1. The van der Waals surface area contributed by atoms with E-state index in [1.54, 1.807) is 18.2 Å². The average Bonchev–Trinajstić information content (AvgIpc) is 2.69. The van der Waals surface area contributed by atoms with Crippen molar-refractivity contribution in [1.29, 1.82) is 0 Å². The Morgan fingerprint density at radius 2 is 1.86 bits per heavy atom. The molecule has 1 aromatic heterocycles. The zero-order chi connectivity index (χ0) is 19.9. The Balaban J connectivity index is 1.41. The third-order valence-corrected chi connectivity index (χ3v) is 4.57. The maximum atomic E-state index is 11.5. The molecular formula is C21H23N3O4. The first-order valence-corrected chi connectivity index (χ1v) is 9.24. The average molecular weight is 381 g/mol. The Bertz CT molecular complexity index is 1010. The van der Waals surface area contributed by atoms with E-state index >= 15 is 0 Å². The minimum Gasteiger partial charge on any atom is -0.492 e. The van der Waals surface area contributed by atoms with Crippen LogP contribution in [0.4, 0.5) is 5.69 Å². The van der Waals surface area contributed by atoms with Gasteiger partial charge >= 0.3 is 0 Å². The van der Waals surface area contributed by atoms with Crippen LogP contribution in [0.15, 0.2) is 53.3 Å². The number of benzene rings is 2. The Labute approximate surface area is 162 Å². The number of aromatic nitrogens is 1. The van der Waals surface area contributed by atoms with Crippen LogP contribution in [-0.2, 0) is 6.42 Å². The smallest absolute Gasteiger partial charge is 0.269 e. The quantitative estimate of drug-likeness (QED) is 0.337. The maximum absolute atomic E-state index is 11.5. The van der Waals surface area contributed by atoms with Crippen LogP contribution in [0.5, 0.6) is 5.75 Å². The maximum Gasteiger partial charge on any atom is 0.269 e. The van der Waals surface area contributed by atoms with E-state index in [2.05, 4.69) is 10.3 Å². The van der Waals surface area contributed by atoms with Crippen molar-refractivity contribution in [3.63, 3.8) is 0 Å². The number of aryl methyl sites for hydroxylation is 2. The lowest BCUT2D eigenvalue weighted by atomic mass is 10.1. The van der Waals surface area contributed by atoms with Gasteiger partial charge in [0.05, 0.1) is 10.4 Å². The minimum atomic E-state index is -0.389. The lowest BCUT2D eigenvalue weighted by Crippen LogP contribution is -2.22. The monoisotopic (exact) mass is 381 g/mol. The highest BCUT2D eigenvalue weighted by Crippen LogP contribution is 2.25. The van der Waals surface area contributed by atoms with E-state index in [0.29, 0.717) is 13.2 Å². The second kappa shape index (κ2) is 9.14. The molecule has 1 heterocycles. The summed E-state index contributed by atoms with van der Waals surface area (Å²) < 4.78 is 5.87. The molecule has 2 aromatic carbocycles. The molecule has 28 heavy (non-hydrogen) atoms. The molecule has 3 rings (SSSR count). The Hall–Kier alpha value is -3.19. The van der Waals surface area contributed by atoms with Gasteiger partial charge in [0.1, 0.15) is 12.4 Å². The molecule has 0 aliphatic rings. The van der Waals surface area contributed by atoms with Gasteiger partial charge in [-0.15, -0.1) is 0 Å². The van der Waals surface area contributed by atoms with Gasteiger partial charge in [0.15, 0.2) is 0 Å². The number of aromatic amines is 1.